The molecule has 2 nitrogen and oxygen atoms in total. The van der Waals surface area contributed by atoms with Crippen LogP contribution in [0.4, 0.5) is 0 Å². The Labute approximate surface area is 51.5 Å². The molecule has 0 radical (unpaired) electrons. The Hall–Kier alpha value is 0.790. The minimum absolute atomic E-state index is 0. The van der Waals surface area contributed by atoms with E-state index in [1.807, 2.05) is 0 Å². The van der Waals surface area contributed by atoms with E-state index in [2.05, 4.69) is 0 Å². The molecule has 0 heterocycles. The summed E-state index contributed by atoms with van der Waals surface area (Å²) < 4.78 is 16.8. The summed E-state index contributed by atoms with van der Waals surface area (Å²) in [6, 6.07) is 0. The summed E-state index contributed by atoms with van der Waals surface area (Å²) in [6.45, 7) is 0. The van der Waals surface area contributed by atoms with Crippen molar-refractivity contribution in [3.8, 4) is 0 Å². The van der Waals surface area contributed by atoms with Gasteiger partial charge in [0.2, 0.25) is 0 Å². The molecule has 0 amide bonds. The van der Waals surface area contributed by atoms with E-state index in [1.165, 1.54) is 0 Å². The van der Waals surface area contributed by atoms with Gasteiger partial charge < -0.3 is 13.5 Å². The van der Waals surface area contributed by atoms with Crippen molar-refractivity contribution in [2.24, 2.45) is 0 Å². The van der Waals surface area contributed by atoms with Gasteiger partial charge >= 0.3 is 28.8 Å². The smallest absolute Gasteiger partial charge is 2.00 e. The van der Waals surface area contributed by atoms with E-state index in [0.29, 0.717) is 0 Å². The Balaban J connectivity index is -0.0000000200. The average Bonchev–Trinajstić information content (AvgIpc) is 0.918. The predicted octanol–water partition coefficient (Wildman–Crippen LogP) is -0.623. The third-order valence-corrected chi connectivity index (χ3v) is 0. The maximum absolute atomic E-state index is 8.40. The van der Waals surface area contributed by atoms with E-state index in [1.54, 1.807) is 0 Å². The summed E-state index contributed by atoms with van der Waals surface area (Å²) in [5.41, 5.74) is 0. The molecule has 0 atom stereocenters. The van der Waals surface area contributed by atoms with Gasteiger partial charge in [0, 0.05) is 0 Å². The molecule has 0 bridgehead atoms. The normalized spacial score (nSPS) is 1.60. The molecule has 0 saturated carbocycles. The molecule has 0 aliphatic carbocycles. The zero-order chi connectivity index (χ0) is 2.71. The van der Waals surface area contributed by atoms with E-state index in [-0.39, 0.29) is 33.0 Å². The van der Waals surface area contributed by atoms with Crippen molar-refractivity contribution in [1.82, 2.24) is 0 Å². The molecule has 5 heteroatoms. The molecule has 24 valence electrons. The number of hydrogen-bond acceptors (Lipinski definition) is 2. The molecule has 0 saturated heterocycles. The van der Waals surface area contributed by atoms with E-state index in [0.717, 1.165) is 0 Å². The topological polar surface area (TPSA) is 34.1 Å². The van der Waals surface area contributed by atoms with E-state index in [4.69, 9.17) is 8.92 Å². The van der Waals surface area contributed by atoms with E-state index < -0.39 is 9.29 Å². The van der Waals surface area contributed by atoms with Crippen molar-refractivity contribution in [1.29, 1.82) is 0 Å². The molecule has 0 spiro atoms. The van der Waals surface area contributed by atoms with Crippen LogP contribution in [0, 0.1) is 0 Å². The Morgan fingerprint density at radius 3 is 1.20 bits per heavy atom. The van der Waals surface area contributed by atoms with Crippen LogP contribution in [-0.4, -0.2) is 9.29 Å². The molecular weight excluding hydrogens is 158 g/mol. The third kappa shape index (κ3) is 59.7. The minimum atomic E-state index is -1.42. The molecule has 5 heavy (non-hydrogen) atoms. The summed E-state index contributed by atoms with van der Waals surface area (Å²) in [6.07, 6.45) is 0. The van der Waals surface area contributed by atoms with Crippen LogP contribution in [0.1, 0.15) is 0 Å². The monoisotopic (exact) mass is 156 g/mol. The predicted molar refractivity (Wildman–Crippen MR) is 14.5 cm³/mol. The molecule has 0 unspecified atom stereocenters. The molecule has 0 rings (SSSR count). The zero-order valence-corrected chi connectivity index (χ0v) is 7.22. The van der Waals surface area contributed by atoms with Gasteiger partial charge in [-0.3, -0.25) is 8.92 Å². The van der Waals surface area contributed by atoms with Gasteiger partial charge in [0.15, 0.2) is 0 Å². The van der Waals surface area contributed by atoms with Crippen molar-refractivity contribution in [3.05, 3.63) is 0 Å². The summed E-state index contributed by atoms with van der Waals surface area (Å²) >= 11 is 0. The molecule has 0 aliphatic rings. The Morgan fingerprint density at radius 1 is 1.20 bits per heavy atom. The zero-order valence-electron chi connectivity index (χ0n) is 2.43. The first kappa shape index (κ1) is 17.1. The fourth-order valence-corrected chi connectivity index (χ4v) is 0. The van der Waals surface area contributed by atoms with Crippen molar-refractivity contribution in [2.45, 2.75) is 0 Å². The first-order valence-electron chi connectivity index (χ1n) is 0.408. The van der Waals surface area contributed by atoms with Crippen molar-refractivity contribution in [2.75, 3.05) is 0 Å². The van der Waals surface area contributed by atoms with Gasteiger partial charge in [-0.1, -0.05) is 0 Å². The molecule has 0 fully saturated rings. The van der Waals surface area contributed by atoms with Crippen LogP contribution in [0.25, 0.3) is 0 Å². The summed E-state index contributed by atoms with van der Waals surface area (Å²) in [4.78, 5) is 0. The Bertz CT molecular complexity index is 30.6. The molecule has 0 aliphatic heterocycles. The summed E-state index contributed by atoms with van der Waals surface area (Å²) in [5, 5.41) is 0. The van der Waals surface area contributed by atoms with Crippen LogP contribution in [0.15, 0.2) is 0 Å². The summed E-state index contributed by atoms with van der Waals surface area (Å²) in [7, 11) is -1.42. The van der Waals surface area contributed by atoms with Crippen LogP contribution in [0.5, 0.6) is 0 Å². The fraction of sp³-hybridized carbons (Fsp3) is 0. The molecule has 0 aromatic carbocycles. The van der Waals surface area contributed by atoms with Gasteiger partial charge in [-0.25, -0.2) is 0 Å². The molecule has 0 aromatic rings. The first-order chi connectivity index (χ1) is 1.41. The van der Waals surface area contributed by atoms with Gasteiger partial charge in [-0.2, -0.15) is 0 Å². The van der Waals surface area contributed by atoms with Gasteiger partial charge in [-0.05, 0) is 0 Å². The van der Waals surface area contributed by atoms with Crippen LogP contribution < -0.4 is 0 Å². The van der Waals surface area contributed by atoms with E-state index in [9.17, 15) is 0 Å². The van der Waals surface area contributed by atoms with Gasteiger partial charge in [-0.15, -0.1) is 0 Å². The number of hydrogen-bond donors (Lipinski definition) is 0. The van der Waals surface area contributed by atoms with E-state index >= 15 is 0 Å². The molecule has 0 aromatic heterocycles. The van der Waals surface area contributed by atoms with Crippen molar-refractivity contribution in [3.63, 3.8) is 0 Å². The quantitative estimate of drug-likeness (QED) is 0.439. The van der Waals surface area contributed by atoms with Crippen molar-refractivity contribution >= 4 is 22.8 Å². The SMILES string of the molecule is O=[Si]=O.[S-2].[Zn+2]. The van der Waals surface area contributed by atoms with Crippen LogP contribution in [0.3, 0.4) is 0 Å². The third-order valence-electron chi connectivity index (χ3n) is 0. The minimum Gasteiger partial charge on any atom is -2.00 e. The molecular formula is O2SSiZn. The Kier molecular flexibility index (Phi) is 73.3. The average molecular weight is 158 g/mol. The van der Waals surface area contributed by atoms with Crippen LogP contribution in [0.2, 0.25) is 0 Å². The fourth-order valence-electron chi connectivity index (χ4n) is 0. The van der Waals surface area contributed by atoms with Crippen molar-refractivity contribution < 1.29 is 28.4 Å². The maximum atomic E-state index is 8.40. The second kappa shape index (κ2) is 21.5. The molecule has 0 N–H and O–H groups in total. The standard InChI is InChI=1S/O2Si.S.Zn/c1-3-2;;/q;-2;+2. The number of rotatable bonds is 0. The van der Waals surface area contributed by atoms with Gasteiger partial charge in [0.1, 0.15) is 0 Å². The van der Waals surface area contributed by atoms with Crippen LogP contribution in [-0.2, 0) is 41.9 Å². The van der Waals surface area contributed by atoms with Crippen LogP contribution >= 0.6 is 0 Å². The Morgan fingerprint density at radius 2 is 1.20 bits per heavy atom. The second-order valence-electron chi connectivity index (χ2n) is 0.0833. The maximum Gasteiger partial charge on any atom is 2.00 e. The largest absolute Gasteiger partial charge is 2.00 e. The second-order valence-corrected chi connectivity index (χ2v) is 0.250. The summed E-state index contributed by atoms with van der Waals surface area (Å²) in [5.74, 6) is 0. The van der Waals surface area contributed by atoms with Gasteiger partial charge in [0.25, 0.3) is 0 Å². The first-order valence-corrected chi connectivity index (χ1v) is 1.22. The van der Waals surface area contributed by atoms with Gasteiger partial charge in [0.05, 0.1) is 0 Å².